The first-order valence-corrected chi connectivity index (χ1v) is 14.7. The number of hydrogen-bond acceptors (Lipinski definition) is 6. The van der Waals surface area contributed by atoms with Gasteiger partial charge >= 0.3 is 0 Å². The van der Waals surface area contributed by atoms with E-state index in [1.54, 1.807) is 7.11 Å². The predicted octanol–water partition coefficient (Wildman–Crippen LogP) is 8.45. The van der Waals surface area contributed by atoms with Crippen LogP contribution in [-0.2, 0) is 0 Å². The van der Waals surface area contributed by atoms with Crippen molar-refractivity contribution in [1.29, 1.82) is 0 Å². The molecule has 0 amide bonds. The highest BCUT2D eigenvalue weighted by atomic mass is 79.9. The van der Waals surface area contributed by atoms with Crippen LogP contribution in [0.1, 0.15) is 81.8 Å². The summed E-state index contributed by atoms with van der Waals surface area (Å²) in [6, 6.07) is 20.5. The molecule has 39 heavy (non-hydrogen) atoms. The van der Waals surface area contributed by atoms with Crippen LogP contribution in [0.2, 0.25) is 0 Å². The molecule has 6 nitrogen and oxygen atoms in total. The molecule has 0 fully saturated rings. The summed E-state index contributed by atoms with van der Waals surface area (Å²) in [5.41, 5.74) is 4.20. The molecule has 0 saturated carbocycles. The van der Waals surface area contributed by atoms with Crippen molar-refractivity contribution in [2.75, 3.05) is 13.7 Å². The van der Waals surface area contributed by atoms with Gasteiger partial charge in [-0.25, -0.2) is 5.01 Å². The average Bonchev–Trinajstić information content (AvgIpc) is 3.39. The van der Waals surface area contributed by atoms with Gasteiger partial charge in [0.2, 0.25) is 6.23 Å². The first-order chi connectivity index (χ1) is 19.0. The van der Waals surface area contributed by atoms with Crippen molar-refractivity contribution in [2.24, 2.45) is 5.10 Å². The van der Waals surface area contributed by atoms with Crippen LogP contribution in [0.25, 0.3) is 0 Å². The van der Waals surface area contributed by atoms with E-state index in [4.69, 9.17) is 24.0 Å². The van der Waals surface area contributed by atoms with E-state index in [1.807, 2.05) is 50.2 Å². The molecule has 2 atom stereocenters. The SMILES string of the molecule is CCCCCCOc1ccc([C@H]2Oc3ccc(Br)cc3[C@H]3CC(c4ccc(OC(C)C)cc4)=NN32)cc1OC. The number of halogens is 1. The number of rotatable bonds is 11. The van der Waals surface area contributed by atoms with Gasteiger partial charge in [-0.3, -0.25) is 0 Å². The van der Waals surface area contributed by atoms with E-state index in [2.05, 4.69) is 52.1 Å². The van der Waals surface area contributed by atoms with Gasteiger partial charge in [0.05, 0.1) is 31.6 Å². The van der Waals surface area contributed by atoms with Crippen LogP contribution < -0.4 is 18.9 Å². The average molecular weight is 594 g/mol. The maximum Gasteiger partial charge on any atom is 0.214 e. The molecular weight excluding hydrogens is 556 g/mol. The summed E-state index contributed by atoms with van der Waals surface area (Å²) < 4.78 is 25.2. The van der Waals surface area contributed by atoms with Gasteiger partial charge < -0.3 is 18.9 Å². The number of methoxy groups -OCH3 is 1. The Balaban J connectivity index is 1.43. The molecule has 0 bridgehead atoms. The third kappa shape index (κ3) is 6.19. The number of hydrogen-bond donors (Lipinski definition) is 0. The van der Waals surface area contributed by atoms with Crippen molar-refractivity contribution in [3.8, 4) is 23.0 Å². The minimum atomic E-state index is -0.391. The first-order valence-electron chi connectivity index (χ1n) is 13.9. The topological polar surface area (TPSA) is 52.5 Å². The van der Waals surface area contributed by atoms with Gasteiger partial charge in [-0.15, -0.1) is 0 Å². The van der Waals surface area contributed by atoms with Crippen LogP contribution in [0.3, 0.4) is 0 Å². The lowest BCUT2D eigenvalue weighted by Crippen LogP contribution is -2.33. The summed E-state index contributed by atoms with van der Waals surface area (Å²) in [6.07, 6.45) is 5.17. The quantitative estimate of drug-likeness (QED) is 0.209. The van der Waals surface area contributed by atoms with Gasteiger partial charge in [-0.1, -0.05) is 42.1 Å². The molecule has 0 N–H and O–H groups in total. The summed E-state index contributed by atoms with van der Waals surface area (Å²) in [6.45, 7) is 6.96. The van der Waals surface area contributed by atoms with E-state index < -0.39 is 6.23 Å². The fraction of sp³-hybridized carbons (Fsp3) is 0.406. The van der Waals surface area contributed by atoms with Gasteiger partial charge in [0, 0.05) is 22.0 Å². The molecule has 5 rings (SSSR count). The Morgan fingerprint density at radius 3 is 2.56 bits per heavy atom. The molecule has 2 aliphatic heterocycles. The minimum absolute atomic E-state index is 0.0540. The second-order valence-electron chi connectivity index (χ2n) is 10.3. The van der Waals surface area contributed by atoms with Crippen LogP contribution in [-0.4, -0.2) is 30.5 Å². The Bertz CT molecular complexity index is 1310. The van der Waals surface area contributed by atoms with Crippen molar-refractivity contribution in [1.82, 2.24) is 5.01 Å². The monoisotopic (exact) mass is 592 g/mol. The van der Waals surface area contributed by atoms with Crippen LogP contribution in [0, 0.1) is 0 Å². The molecule has 0 aliphatic carbocycles. The Morgan fingerprint density at radius 2 is 1.82 bits per heavy atom. The zero-order chi connectivity index (χ0) is 27.4. The van der Waals surface area contributed by atoms with Crippen LogP contribution in [0.15, 0.2) is 70.2 Å². The number of ether oxygens (including phenoxy) is 4. The molecule has 2 heterocycles. The zero-order valence-electron chi connectivity index (χ0n) is 23.2. The molecular formula is C32H37BrN2O4. The Hall–Kier alpha value is -3.19. The minimum Gasteiger partial charge on any atom is -0.493 e. The van der Waals surface area contributed by atoms with E-state index in [-0.39, 0.29) is 12.1 Å². The van der Waals surface area contributed by atoms with Crippen molar-refractivity contribution < 1.29 is 18.9 Å². The fourth-order valence-electron chi connectivity index (χ4n) is 5.12. The first kappa shape index (κ1) is 27.4. The van der Waals surface area contributed by atoms with E-state index >= 15 is 0 Å². The standard InChI is InChI=1S/C32H37BrN2O4/c1-5-6-7-8-17-37-30-15-11-23(18-31(30)36-4)32-35-28(26-19-24(33)12-16-29(26)39-32)20-27(34-35)22-9-13-25(14-10-22)38-21(2)3/h9-16,18-19,21,28,32H,5-8,17,20H2,1-4H3/t28-,32-/m1/s1. The highest BCUT2D eigenvalue weighted by molar-refractivity contribution is 9.10. The maximum absolute atomic E-state index is 6.58. The lowest BCUT2D eigenvalue weighted by Gasteiger charge is -2.38. The number of unbranched alkanes of at least 4 members (excludes halogenated alkanes) is 3. The molecule has 0 aromatic heterocycles. The second kappa shape index (κ2) is 12.3. The molecule has 3 aromatic rings. The lowest BCUT2D eigenvalue weighted by atomic mass is 9.96. The molecule has 0 radical (unpaired) electrons. The Labute approximate surface area is 240 Å². The summed E-state index contributed by atoms with van der Waals surface area (Å²) in [7, 11) is 1.68. The van der Waals surface area contributed by atoms with Gasteiger partial charge in [-0.2, -0.15) is 5.10 Å². The summed E-state index contributed by atoms with van der Waals surface area (Å²) in [5, 5.41) is 7.20. The van der Waals surface area contributed by atoms with Crippen molar-refractivity contribution in [3.05, 3.63) is 81.8 Å². The zero-order valence-corrected chi connectivity index (χ0v) is 24.7. The summed E-state index contributed by atoms with van der Waals surface area (Å²) in [4.78, 5) is 0. The van der Waals surface area contributed by atoms with Crippen molar-refractivity contribution in [3.63, 3.8) is 0 Å². The highest BCUT2D eigenvalue weighted by Crippen LogP contribution is 2.49. The van der Waals surface area contributed by atoms with Crippen molar-refractivity contribution >= 4 is 21.6 Å². The van der Waals surface area contributed by atoms with Gasteiger partial charge in [-0.05, 0) is 86.5 Å². The smallest absolute Gasteiger partial charge is 0.214 e. The number of benzene rings is 3. The number of nitrogens with zero attached hydrogens (tertiary/aromatic N) is 2. The predicted molar refractivity (Wildman–Crippen MR) is 158 cm³/mol. The van der Waals surface area contributed by atoms with Crippen LogP contribution >= 0.6 is 15.9 Å². The fourth-order valence-corrected chi connectivity index (χ4v) is 5.50. The number of hydrazone groups is 1. The lowest BCUT2D eigenvalue weighted by molar-refractivity contribution is -0.0192. The third-order valence-electron chi connectivity index (χ3n) is 7.04. The molecule has 0 saturated heterocycles. The van der Waals surface area contributed by atoms with Crippen LogP contribution in [0.4, 0.5) is 0 Å². The van der Waals surface area contributed by atoms with Crippen molar-refractivity contribution in [2.45, 2.75) is 71.2 Å². The Morgan fingerprint density at radius 1 is 1.00 bits per heavy atom. The van der Waals surface area contributed by atoms with E-state index in [0.717, 1.165) is 57.0 Å². The second-order valence-corrected chi connectivity index (χ2v) is 11.2. The van der Waals surface area contributed by atoms with E-state index in [9.17, 15) is 0 Å². The van der Waals surface area contributed by atoms with Crippen LogP contribution in [0.5, 0.6) is 23.0 Å². The summed E-state index contributed by atoms with van der Waals surface area (Å²) in [5.74, 6) is 3.19. The van der Waals surface area contributed by atoms with E-state index in [0.29, 0.717) is 12.4 Å². The Kier molecular flexibility index (Phi) is 8.66. The molecule has 206 valence electrons. The summed E-state index contributed by atoms with van der Waals surface area (Å²) >= 11 is 3.64. The molecule has 2 aliphatic rings. The highest BCUT2D eigenvalue weighted by Gasteiger charge is 2.41. The third-order valence-corrected chi connectivity index (χ3v) is 7.53. The maximum atomic E-state index is 6.58. The normalized spacial score (nSPS) is 17.8. The van der Waals surface area contributed by atoms with Gasteiger partial charge in [0.25, 0.3) is 0 Å². The molecule has 0 unspecified atom stereocenters. The molecule has 0 spiro atoms. The van der Waals surface area contributed by atoms with Gasteiger partial charge in [0.15, 0.2) is 11.5 Å². The number of fused-ring (bicyclic) bond motifs is 3. The van der Waals surface area contributed by atoms with E-state index in [1.165, 1.54) is 19.3 Å². The molecule has 3 aromatic carbocycles. The molecule has 7 heteroatoms. The van der Waals surface area contributed by atoms with Gasteiger partial charge in [0.1, 0.15) is 11.5 Å². The largest absolute Gasteiger partial charge is 0.493 e.